The van der Waals surface area contributed by atoms with E-state index in [1.54, 1.807) is 37.1 Å². The van der Waals surface area contributed by atoms with Crippen molar-refractivity contribution >= 4 is 53.1 Å². The first-order valence-electron chi connectivity index (χ1n) is 9.21. The average Bonchev–Trinajstić information content (AvgIpc) is 2.82. The predicted molar refractivity (Wildman–Crippen MR) is 120 cm³/mol. The molecule has 2 atom stereocenters. The largest absolute Gasteiger partial charge is 0.343 e. The Bertz CT molecular complexity index is 891. The van der Waals surface area contributed by atoms with Crippen molar-refractivity contribution in [3.8, 4) is 0 Å². The van der Waals surface area contributed by atoms with Crippen molar-refractivity contribution in [1.82, 2.24) is 10.6 Å². The molecular formula is C21H24Cl3N3O2. The van der Waals surface area contributed by atoms with Crippen LogP contribution in [0, 0.1) is 0 Å². The summed E-state index contributed by atoms with van der Waals surface area (Å²) in [6, 6.07) is 12.0. The highest BCUT2D eigenvalue weighted by Gasteiger charge is 2.32. The normalized spacial score (nSPS) is 17.0. The number of amides is 2. The number of rotatable bonds is 5. The molecule has 0 aromatic heterocycles. The lowest BCUT2D eigenvalue weighted by Crippen LogP contribution is -2.52. The molecule has 5 nitrogen and oxygen atoms in total. The number of hydrogen-bond acceptors (Lipinski definition) is 3. The van der Waals surface area contributed by atoms with Crippen molar-refractivity contribution in [2.24, 2.45) is 0 Å². The summed E-state index contributed by atoms with van der Waals surface area (Å²) in [4.78, 5) is 27.4. The van der Waals surface area contributed by atoms with E-state index in [9.17, 15) is 9.59 Å². The fourth-order valence-electron chi connectivity index (χ4n) is 3.28. The molecular weight excluding hydrogens is 433 g/mol. The number of para-hydroxylation sites is 1. The first kappa shape index (κ1) is 23.5. The van der Waals surface area contributed by atoms with Gasteiger partial charge in [-0.25, -0.2) is 0 Å². The molecule has 1 aliphatic heterocycles. The lowest BCUT2D eigenvalue weighted by Gasteiger charge is -2.27. The highest BCUT2D eigenvalue weighted by atomic mass is 35.5. The molecule has 0 saturated heterocycles. The van der Waals surface area contributed by atoms with Gasteiger partial charge in [-0.1, -0.05) is 41.4 Å². The standard InChI is InChI=1S/C21H23Cl2N3O2.ClH/c1-13(24-2)20(27)25-18-10-7-14-5-3-4-6-19(14)26(21(18)28)12-15-11-16(22)8-9-17(15)23;/h3-6,8-9,11,13,18,24H,7,10,12H2,1-2H3,(H,25,27);1H/t13-,18-;/m0./s1. The van der Waals surface area contributed by atoms with E-state index < -0.39 is 6.04 Å². The van der Waals surface area contributed by atoms with E-state index in [4.69, 9.17) is 23.2 Å². The summed E-state index contributed by atoms with van der Waals surface area (Å²) in [5.41, 5.74) is 2.65. The number of carbonyl (C=O) groups is 2. The quantitative estimate of drug-likeness (QED) is 0.715. The van der Waals surface area contributed by atoms with Crippen molar-refractivity contribution in [2.45, 2.75) is 38.4 Å². The van der Waals surface area contributed by atoms with Gasteiger partial charge in [0.05, 0.1) is 12.6 Å². The smallest absolute Gasteiger partial charge is 0.249 e. The van der Waals surface area contributed by atoms with E-state index in [-0.39, 0.29) is 36.8 Å². The van der Waals surface area contributed by atoms with Gasteiger partial charge in [0.1, 0.15) is 6.04 Å². The van der Waals surface area contributed by atoms with Crippen LogP contribution >= 0.6 is 35.6 Å². The van der Waals surface area contributed by atoms with Gasteiger partial charge in [0, 0.05) is 15.7 Å². The van der Waals surface area contributed by atoms with Crippen molar-refractivity contribution in [3.63, 3.8) is 0 Å². The third-order valence-electron chi connectivity index (χ3n) is 5.03. The van der Waals surface area contributed by atoms with Gasteiger partial charge in [0.15, 0.2) is 0 Å². The zero-order valence-electron chi connectivity index (χ0n) is 16.2. The van der Waals surface area contributed by atoms with Crippen molar-refractivity contribution in [1.29, 1.82) is 0 Å². The Morgan fingerprint density at radius 2 is 1.97 bits per heavy atom. The van der Waals surface area contributed by atoms with Crippen molar-refractivity contribution < 1.29 is 9.59 Å². The Labute approximate surface area is 187 Å². The summed E-state index contributed by atoms with van der Waals surface area (Å²) in [5, 5.41) is 6.88. The number of nitrogens with zero attached hydrogens (tertiary/aromatic N) is 1. The monoisotopic (exact) mass is 455 g/mol. The molecule has 0 bridgehead atoms. The second-order valence-electron chi connectivity index (χ2n) is 6.90. The van der Waals surface area contributed by atoms with Crippen LogP contribution in [0.15, 0.2) is 42.5 Å². The minimum absolute atomic E-state index is 0. The molecule has 0 saturated carbocycles. The molecule has 2 aromatic carbocycles. The van der Waals surface area contributed by atoms with Crippen LogP contribution in [-0.4, -0.2) is 30.9 Å². The molecule has 0 spiro atoms. The number of anilines is 1. The molecule has 8 heteroatoms. The number of fused-ring (bicyclic) bond motifs is 1. The number of likely N-dealkylation sites (N-methyl/N-ethyl adjacent to an activating group) is 1. The number of hydrogen-bond donors (Lipinski definition) is 2. The second-order valence-corrected chi connectivity index (χ2v) is 7.74. The van der Waals surface area contributed by atoms with Crippen LogP contribution < -0.4 is 15.5 Å². The van der Waals surface area contributed by atoms with Gasteiger partial charge in [-0.15, -0.1) is 12.4 Å². The van der Waals surface area contributed by atoms with Crippen LogP contribution in [0.5, 0.6) is 0 Å². The highest BCUT2D eigenvalue weighted by molar-refractivity contribution is 6.33. The molecule has 2 N–H and O–H groups in total. The van der Waals surface area contributed by atoms with Crippen molar-refractivity contribution in [2.75, 3.05) is 11.9 Å². The zero-order valence-corrected chi connectivity index (χ0v) is 18.6. The Kier molecular flexibility index (Phi) is 8.34. The fraction of sp³-hybridized carbons (Fsp3) is 0.333. The minimum Gasteiger partial charge on any atom is -0.343 e. The molecule has 2 aromatic rings. The summed E-state index contributed by atoms with van der Waals surface area (Å²) in [7, 11) is 1.71. The Morgan fingerprint density at radius 1 is 1.24 bits per heavy atom. The van der Waals surface area contributed by atoms with Crippen LogP contribution in [0.1, 0.15) is 24.5 Å². The SMILES string of the molecule is CN[C@@H](C)C(=O)N[C@H]1CCc2ccccc2N(Cc2cc(Cl)ccc2Cl)C1=O.Cl. The second kappa shape index (κ2) is 10.3. The van der Waals surface area contributed by atoms with Gasteiger partial charge in [0.2, 0.25) is 11.8 Å². The molecule has 0 unspecified atom stereocenters. The average molecular weight is 457 g/mol. The summed E-state index contributed by atoms with van der Waals surface area (Å²) in [6.07, 6.45) is 1.23. The fourth-order valence-corrected chi connectivity index (χ4v) is 3.65. The van der Waals surface area contributed by atoms with Crippen LogP contribution in [0.4, 0.5) is 5.69 Å². The maximum absolute atomic E-state index is 13.4. The molecule has 1 heterocycles. The van der Waals surface area contributed by atoms with Gasteiger partial charge in [-0.2, -0.15) is 0 Å². The molecule has 1 aliphatic rings. The Balaban J connectivity index is 0.00000300. The number of aryl methyl sites for hydroxylation is 1. The van der Waals surface area contributed by atoms with Crippen LogP contribution in [-0.2, 0) is 22.6 Å². The Morgan fingerprint density at radius 3 is 2.69 bits per heavy atom. The van der Waals surface area contributed by atoms with Crippen molar-refractivity contribution in [3.05, 3.63) is 63.6 Å². The first-order chi connectivity index (χ1) is 13.4. The van der Waals surface area contributed by atoms with Gasteiger partial charge in [-0.05, 0) is 62.2 Å². The summed E-state index contributed by atoms with van der Waals surface area (Å²) >= 11 is 12.5. The maximum atomic E-state index is 13.4. The molecule has 0 aliphatic carbocycles. The van der Waals surface area contributed by atoms with Crippen LogP contribution in [0.3, 0.4) is 0 Å². The molecule has 156 valence electrons. The van der Waals surface area contributed by atoms with Gasteiger partial charge < -0.3 is 15.5 Å². The zero-order chi connectivity index (χ0) is 20.3. The summed E-state index contributed by atoms with van der Waals surface area (Å²) in [6.45, 7) is 2.04. The topological polar surface area (TPSA) is 61.4 Å². The molecule has 29 heavy (non-hydrogen) atoms. The van der Waals surface area contributed by atoms with Gasteiger partial charge >= 0.3 is 0 Å². The number of benzene rings is 2. The Hall–Kier alpha value is -1.79. The highest BCUT2D eigenvalue weighted by Crippen LogP contribution is 2.30. The third-order valence-corrected chi connectivity index (χ3v) is 5.63. The van der Waals surface area contributed by atoms with E-state index in [0.717, 1.165) is 16.8 Å². The van der Waals surface area contributed by atoms with E-state index >= 15 is 0 Å². The lowest BCUT2D eigenvalue weighted by molar-refractivity contribution is -0.128. The molecule has 3 rings (SSSR count). The summed E-state index contributed by atoms with van der Waals surface area (Å²) < 4.78 is 0. The molecule has 2 amide bonds. The van der Waals surface area contributed by atoms with E-state index in [1.165, 1.54) is 0 Å². The minimum atomic E-state index is -0.603. The lowest BCUT2D eigenvalue weighted by atomic mass is 10.1. The molecule has 0 radical (unpaired) electrons. The summed E-state index contributed by atoms with van der Waals surface area (Å²) in [5.74, 6) is -0.356. The van der Waals surface area contributed by atoms with Crippen LogP contribution in [0.2, 0.25) is 10.0 Å². The maximum Gasteiger partial charge on any atom is 0.249 e. The van der Waals surface area contributed by atoms with E-state index in [0.29, 0.717) is 22.9 Å². The van der Waals surface area contributed by atoms with E-state index in [1.807, 2.05) is 24.3 Å². The third kappa shape index (κ3) is 5.43. The van der Waals surface area contributed by atoms with E-state index in [2.05, 4.69) is 10.6 Å². The number of halogens is 3. The number of nitrogens with one attached hydrogen (secondary N) is 2. The predicted octanol–water partition coefficient (Wildman–Crippen LogP) is 3.99. The number of carbonyl (C=O) groups excluding carboxylic acids is 2. The van der Waals surface area contributed by atoms with Gasteiger partial charge in [-0.3, -0.25) is 9.59 Å². The molecule has 0 fully saturated rings. The van der Waals surface area contributed by atoms with Crippen LogP contribution in [0.25, 0.3) is 0 Å². The first-order valence-corrected chi connectivity index (χ1v) is 9.97. The van der Waals surface area contributed by atoms with Gasteiger partial charge in [0.25, 0.3) is 0 Å².